The Morgan fingerprint density at radius 2 is 2.28 bits per heavy atom. The molecule has 3 N–H and O–H groups in total. The summed E-state index contributed by atoms with van der Waals surface area (Å²) in [6, 6.07) is -0.411. The fraction of sp³-hybridized carbons (Fsp3) is 0.692. The number of hydrogen-bond acceptors (Lipinski definition) is 4. The molecule has 0 aliphatic heterocycles. The Morgan fingerprint density at radius 3 is 3.00 bits per heavy atom. The molecule has 1 aliphatic rings. The molecular formula is C13H21N3OS. The Morgan fingerprint density at radius 1 is 1.50 bits per heavy atom. The first-order valence-corrected chi connectivity index (χ1v) is 7.57. The van der Waals surface area contributed by atoms with Gasteiger partial charge in [-0.1, -0.05) is 19.8 Å². The summed E-state index contributed by atoms with van der Waals surface area (Å²) in [7, 11) is 0. The molecule has 1 heterocycles. The molecule has 0 bridgehead atoms. The maximum Gasteiger partial charge on any atom is 0.243 e. The predicted molar refractivity (Wildman–Crippen MR) is 74.9 cm³/mol. The summed E-state index contributed by atoms with van der Waals surface area (Å²) in [4.78, 5) is 17.7. The lowest BCUT2D eigenvalue weighted by atomic mass is 10.0. The summed E-state index contributed by atoms with van der Waals surface area (Å²) >= 11 is 1.61. The minimum atomic E-state index is -0.411. The topological polar surface area (TPSA) is 68.0 Å². The van der Waals surface area contributed by atoms with Gasteiger partial charge in [0.25, 0.3) is 0 Å². The van der Waals surface area contributed by atoms with Crippen molar-refractivity contribution in [3.8, 4) is 0 Å². The van der Waals surface area contributed by atoms with Crippen molar-refractivity contribution in [1.29, 1.82) is 0 Å². The van der Waals surface area contributed by atoms with Gasteiger partial charge in [-0.2, -0.15) is 0 Å². The van der Waals surface area contributed by atoms with E-state index in [2.05, 4.69) is 17.2 Å². The van der Waals surface area contributed by atoms with Crippen molar-refractivity contribution in [3.63, 3.8) is 0 Å². The standard InChI is InChI=1S/C13H21N3OS/c1-2-3-6-9(14)12(17)16-13-15-10-7-4-5-8-11(10)18-13/h9H,2-8,14H2,1H3,(H,15,16,17). The number of nitrogens with zero attached hydrogens (tertiary/aromatic N) is 1. The van der Waals surface area contributed by atoms with E-state index in [0.717, 1.165) is 37.2 Å². The zero-order valence-electron chi connectivity index (χ0n) is 10.9. The van der Waals surface area contributed by atoms with E-state index in [9.17, 15) is 4.79 Å². The lowest BCUT2D eigenvalue weighted by Gasteiger charge is -2.09. The van der Waals surface area contributed by atoms with Crippen molar-refractivity contribution in [2.75, 3.05) is 5.32 Å². The van der Waals surface area contributed by atoms with Gasteiger partial charge in [0.1, 0.15) is 0 Å². The first-order valence-electron chi connectivity index (χ1n) is 6.75. The molecule has 2 rings (SSSR count). The van der Waals surface area contributed by atoms with Crippen molar-refractivity contribution >= 4 is 22.4 Å². The summed E-state index contributed by atoms with van der Waals surface area (Å²) < 4.78 is 0. The molecule has 0 spiro atoms. The second-order valence-corrected chi connectivity index (χ2v) is 5.92. The van der Waals surface area contributed by atoms with Crippen LogP contribution in [0.25, 0.3) is 0 Å². The van der Waals surface area contributed by atoms with Gasteiger partial charge in [-0.05, 0) is 32.1 Å². The monoisotopic (exact) mass is 267 g/mol. The molecule has 1 aliphatic carbocycles. The number of aryl methyl sites for hydroxylation is 2. The number of anilines is 1. The Labute approximate surface area is 112 Å². The molecule has 0 fully saturated rings. The van der Waals surface area contributed by atoms with Gasteiger partial charge in [0.15, 0.2) is 5.13 Å². The average Bonchev–Trinajstić information content (AvgIpc) is 2.77. The number of carbonyl (C=O) groups excluding carboxylic acids is 1. The van der Waals surface area contributed by atoms with E-state index in [1.54, 1.807) is 11.3 Å². The highest BCUT2D eigenvalue weighted by molar-refractivity contribution is 7.15. The Bertz CT molecular complexity index is 393. The smallest absolute Gasteiger partial charge is 0.243 e. The van der Waals surface area contributed by atoms with Gasteiger partial charge < -0.3 is 11.1 Å². The van der Waals surface area contributed by atoms with Crippen LogP contribution in [-0.4, -0.2) is 16.9 Å². The maximum absolute atomic E-state index is 11.9. The number of unbranched alkanes of at least 4 members (excludes halogenated alkanes) is 1. The Balaban J connectivity index is 1.92. The average molecular weight is 267 g/mol. The van der Waals surface area contributed by atoms with Gasteiger partial charge in [0.05, 0.1) is 11.7 Å². The number of nitrogens with one attached hydrogen (secondary N) is 1. The van der Waals surface area contributed by atoms with Crippen LogP contribution in [0.5, 0.6) is 0 Å². The van der Waals surface area contributed by atoms with E-state index < -0.39 is 6.04 Å². The first kappa shape index (κ1) is 13.5. The van der Waals surface area contributed by atoms with Crippen molar-refractivity contribution < 1.29 is 4.79 Å². The van der Waals surface area contributed by atoms with Crippen LogP contribution < -0.4 is 11.1 Å². The molecule has 1 aromatic heterocycles. The molecule has 1 unspecified atom stereocenters. The molecule has 4 nitrogen and oxygen atoms in total. The molecule has 18 heavy (non-hydrogen) atoms. The van der Waals surface area contributed by atoms with Crippen molar-refractivity contribution in [1.82, 2.24) is 4.98 Å². The highest BCUT2D eigenvalue weighted by Gasteiger charge is 2.18. The molecule has 0 saturated carbocycles. The molecule has 1 atom stereocenters. The van der Waals surface area contributed by atoms with Crippen LogP contribution in [0.15, 0.2) is 0 Å². The molecule has 100 valence electrons. The number of hydrogen-bond donors (Lipinski definition) is 2. The number of nitrogens with two attached hydrogens (primary N) is 1. The van der Waals surface area contributed by atoms with Crippen molar-refractivity contribution in [2.45, 2.75) is 57.9 Å². The SMILES string of the molecule is CCCCC(N)C(=O)Nc1nc2c(s1)CCCC2. The lowest BCUT2D eigenvalue weighted by molar-refractivity contribution is -0.117. The summed E-state index contributed by atoms with van der Waals surface area (Å²) in [5.41, 5.74) is 7.01. The largest absolute Gasteiger partial charge is 0.320 e. The summed E-state index contributed by atoms with van der Waals surface area (Å²) in [5, 5.41) is 3.57. The molecule has 0 aromatic carbocycles. The van der Waals surface area contributed by atoms with Crippen LogP contribution in [0.1, 0.15) is 49.6 Å². The summed E-state index contributed by atoms with van der Waals surface area (Å²) in [5.74, 6) is -0.102. The lowest BCUT2D eigenvalue weighted by Crippen LogP contribution is -2.35. The number of amides is 1. The minimum absolute atomic E-state index is 0.102. The summed E-state index contributed by atoms with van der Waals surface area (Å²) in [6.45, 7) is 2.10. The maximum atomic E-state index is 11.9. The minimum Gasteiger partial charge on any atom is -0.320 e. The molecular weight excluding hydrogens is 246 g/mol. The van der Waals surface area contributed by atoms with Crippen LogP contribution in [0.3, 0.4) is 0 Å². The van der Waals surface area contributed by atoms with Crippen LogP contribution >= 0.6 is 11.3 Å². The number of fused-ring (bicyclic) bond motifs is 1. The second kappa shape index (κ2) is 6.29. The van der Waals surface area contributed by atoms with Crippen molar-refractivity contribution in [3.05, 3.63) is 10.6 Å². The fourth-order valence-corrected chi connectivity index (χ4v) is 3.21. The first-order chi connectivity index (χ1) is 8.70. The van der Waals surface area contributed by atoms with Gasteiger partial charge in [-0.3, -0.25) is 4.79 Å². The molecule has 1 amide bonds. The van der Waals surface area contributed by atoms with E-state index in [-0.39, 0.29) is 5.91 Å². The molecule has 0 saturated heterocycles. The number of carbonyl (C=O) groups is 1. The van der Waals surface area contributed by atoms with E-state index in [4.69, 9.17) is 5.73 Å². The molecule has 1 aromatic rings. The van der Waals surface area contributed by atoms with E-state index in [1.165, 1.54) is 23.4 Å². The quantitative estimate of drug-likeness (QED) is 0.861. The third kappa shape index (κ3) is 3.29. The third-order valence-electron chi connectivity index (χ3n) is 3.28. The van der Waals surface area contributed by atoms with E-state index in [1.807, 2.05) is 0 Å². The predicted octanol–water partition coefficient (Wildman–Crippen LogP) is 2.48. The van der Waals surface area contributed by atoms with Crippen LogP contribution in [0, 0.1) is 0 Å². The van der Waals surface area contributed by atoms with E-state index in [0.29, 0.717) is 0 Å². The fourth-order valence-electron chi connectivity index (χ4n) is 2.16. The number of thiazole rings is 1. The van der Waals surface area contributed by atoms with Gasteiger partial charge in [0.2, 0.25) is 5.91 Å². The highest BCUT2D eigenvalue weighted by atomic mass is 32.1. The van der Waals surface area contributed by atoms with Crippen LogP contribution in [-0.2, 0) is 17.6 Å². The highest BCUT2D eigenvalue weighted by Crippen LogP contribution is 2.29. The van der Waals surface area contributed by atoms with Gasteiger partial charge in [0, 0.05) is 4.88 Å². The van der Waals surface area contributed by atoms with Crippen molar-refractivity contribution in [2.24, 2.45) is 5.73 Å². The number of aromatic nitrogens is 1. The second-order valence-electron chi connectivity index (χ2n) is 4.83. The normalized spacial score (nSPS) is 16.1. The number of rotatable bonds is 5. The Hall–Kier alpha value is -0.940. The zero-order valence-corrected chi connectivity index (χ0v) is 11.7. The summed E-state index contributed by atoms with van der Waals surface area (Å²) in [6.07, 6.45) is 7.38. The molecule has 0 radical (unpaired) electrons. The van der Waals surface area contributed by atoms with Crippen LogP contribution in [0.4, 0.5) is 5.13 Å². The third-order valence-corrected chi connectivity index (χ3v) is 4.35. The van der Waals surface area contributed by atoms with Gasteiger partial charge >= 0.3 is 0 Å². The Kier molecular flexibility index (Phi) is 4.72. The van der Waals surface area contributed by atoms with E-state index >= 15 is 0 Å². The molecule has 5 heteroatoms. The van der Waals surface area contributed by atoms with Crippen LogP contribution in [0.2, 0.25) is 0 Å². The zero-order chi connectivity index (χ0) is 13.0. The van der Waals surface area contributed by atoms with Gasteiger partial charge in [-0.15, -0.1) is 11.3 Å². The van der Waals surface area contributed by atoms with Gasteiger partial charge in [-0.25, -0.2) is 4.98 Å².